The van der Waals surface area contributed by atoms with Crippen LogP contribution in [-0.4, -0.2) is 41.6 Å². The van der Waals surface area contributed by atoms with Gasteiger partial charge in [0.1, 0.15) is 0 Å². The monoisotopic (exact) mass is 478 g/mol. The maximum absolute atomic E-state index is 11.8. The molecule has 35 heavy (non-hydrogen) atoms. The minimum absolute atomic E-state index is 0.0518. The molecule has 2 heterocycles. The Morgan fingerprint density at radius 1 is 1.00 bits per heavy atom. The first-order valence-electron chi connectivity index (χ1n) is 13.2. The third-order valence-corrected chi connectivity index (χ3v) is 7.31. The number of fused-ring (bicyclic) bond motifs is 4. The van der Waals surface area contributed by atoms with Gasteiger partial charge < -0.3 is 19.7 Å². The Morgan fingerprint density at radius 2 is 1.69 bits per heavy atom. The molecular formula is C30H42N2O3. The molecule has 5 rings (SSSR count). The van der Waals surface area contributed by atoms with Crippen molar-refractivity contribution >= 4 is 17.3 Å². The van der Waals surface area contributed by atoms with Crippen LogP contribution >= 0.6 is 0 Å². The first-order valence-corrected chi connectivity index (χ1v) is 13.2. The van der Waals surface area contributed by atoms with E-state index in [0.29, 0.717) is 18.4 Å². The number of amides is 1. The standard InChI is InChI=1S/C27H32N2O2.C2H6.CH4O/c30-19-29-15-14-24-23-12-6-7-13-25(23)28-27(24)26(31-18-20-8-2-1-3-9-20)16-21-10-4-5-11-22(21)17-29;2*1-2/h1-3,6-9,12-13,19,21-22,26,28H,4-5,10-11,14-18H2;1-2H3;2H,1H3. The fourth-order valence-electron chi connectivity index (χ4n) is 5.66. The van der Waals surface area contributed by atoms with Crippen molar-refractivity contribution in [1.82, 2.24) is 9.88 Å². The molecule has 1 saturated carbocycles. The lowest BCUT2D eigenvalue weighted by Crippen LogP contribution is -2.36. The molecule has 190 valence electrons. The van der Waals surface area contributed by atoms with Gasteiger partial charge in [0.05, 0.1) is 12.7 Å². The lowest BCUT2D eigenvalue weighted by Gasteiger charge is -2.37. The number of nitrogens with zero attached hydrogens (tertiary/aromatic N) is 1. The average molecular weight is 479 g/mol. The average Bonchev–Trinajstić information content (AvgIpc) is 3.31. The van der Waals surface area contributed by atoms with E-state index < -0.39 is 0 Å². The van der Waals surface area contributed by atoms with Crippen molar-refractivity contribution in [3.8, 4) is 0 Å². The second kappa shape index (κ2) is 14.1. The lowest BCUT2D eigenvalue weighted by atomic mass is 9.75. The molecule has 3 aromatic rings. The topological polar surface area (TPSA) is 65.6 Å². The molecule has 0 spiro atoms. The van der Waals surface area contributed by atoms with Crippen molar-refractivity contribution in [2.75, 3.05) is 20.2 Å². The van der Waals surface area contributed by atoms with Gasteiger partial charge in [0.25, 0.3) is 0 Å². The van der Waals surface area contributed by atoms with E-state index in [9.17, 15) is 4.79 Å². The van der Waals surface area contributed by atoms with Gasteiger partial charge in [-0.15, -0.1) is 0 Å². The Bertz CT molecular complexity index is 1020. The highest BCUT2D eigenvalue weighted by atomic mass is 16.5. The lowest BCUT2D eigenvalue weighted by molar-refractivity contribution is -0.119. The van der Waals surface area contributed by atoms with Gasteiger partial charge in [-0.1, -0.05) is 81.6 Å². The van der Waals surface area contributed by atoms with Crippen molar-refractivity contribution < 1.29 is 14.6 Å². The van der Waals surface area contributed by atoms with Crippen molar-refractivity contribution in [3.63, 3.8) is 0 Å². The summed E-state index contributed by atoms with van der Waals surface area (Å²) >= 11 is 0. The molecule has 1 amide bonds. The van der Waals surface area contributed by atoms with E-state index in [2.05, 4.69) is 53.5 Å². The summed E-state index contributed by atoms with van der Waals surface area (Å²) in [6.07, 6.45) is 8.01. The molecule has 0 radical (unpaired) electrons. The number of para-hydroxylation sites is 1. The Labute approximate surface area is 210 Å². The summed E-state index contributed by atoms with van der Waals surface area (Å²) in [6.45, 7) is 6.28. The summed E-state index contributed by atoms with van der Waals surface area (Å²) in [5, 5.41) is 8.26. The molecule has 2 aromatic carbocycles. The van der Waals surface area contributed by atoms with Gasteiger partial charge in [0, 0.05) is 36.8 Å². The third-order valence-electron chi connectivity index (χ3n) is 7.31. The normalized spacial score (nSPS) is 21.9. The van der Waals surface area contributed by atoms with Crippen molar-refractivity contribution in [1.29, 1.82) is 0 Å². The second-order valence-corrected chi connectivity index (χ2v) is 9.24. The van der Waals surface area contributed by atoms with Crippen LogP contribution in [0, 0.1) is 11.8 Å². The quantitative estimate of drug-likeness (QED) is 0.434. The molecule has 1 aliphatic heterocycles. The summed E-state index contributed by atoms with van der Waals surface area (Å²) < 4.78 is 6.64. The summed E-state index contributed by atoms with van der Waals surface area (Å²) in [5.74, 6) is 1.17. The molecule has 1 aliphatic carbocycles. The van der Waals surface area contributed by atoms with Gasteiger partial charge in [0.15, 0.2) is 0 Å². The molecule has 2 aliphatic rings. The number of aliphatic hydroxyl groups is 1. The first-order chi connectivity index (χ1) is 17.3. The highest BCUT2D eigenvalue weighted by Crippen LogP contribution is 2.41. The second-order valence-electron chi connectivity index (χ2n) is 9.24. The highest BCUT2D eigenvalue weighted by Gasteiger charge is 2.32. The van der Waals surface area contributed by atoms with Crippen molar-refractivity contribution in [2.45, 2.75) is 65.1 Å². The predicted molar refractivity (Wildman–Crippen MR) is 143 cm³/mol. The number of nitrogens with one attached hydrogen (secondary N) is 1. The molecule has 3 unspecified atom stereocenters. The summed E-state index contributed by atoms with van der Waals surface area (Å²) in [5.41, 5.74) is 4.91. The van der Waals surface area contributed by atoms with Crippen LogP contribution in [0.1, 0.15) is 68.9 Å². The molecular weight excluding hydrogens is 436 g/mol. The molecule has 0 saturated heterocycles. The Hall–Kier alpha value is -2.63. The number of rotatable bonds is 4. The first kappa shape index (κ1) is 27.0. The SMILES string of the molecule is CC.CO.O=CN1CCc2c([nH]c3ccccc23)C(OCc2ccccc2)CC2CCCCC2C1. The minimum Gasteiger partial charge on any atom is -0.400 e. The van der Waals surface area contributed by atoms with Crippen LogP contribution in [0.3, 0.4) is 0 Å². The number of carbonyl (C=O) groups excluding carboxylic acids is 1. The summed E-state index contributed by atoms with van der Waals surface area (Å²) in [7, 11) is 1.00. The van der Waals surface area contributed by atoms with E-state index >= 15 is 0 Å². The van der Waals surface area contributed by atoms with E-state index in [0.717, 1.165) is 45.0 Å². The van der Waals surface area contributed by atoms with Gasteiger partial charge in [-0.25, -0.2) is 0 Å². The number of aliphatic hydroxyl groups excluding tert-OH is 1. The molecule has 5 heteroatoms. The van der Waals surface area contributed by atoms with Crippen LogP contribution in [0.4, 0.5) is 0 Å². The van der Waals surface area contributed by atoms with Crippen LogP contribution < -0.4 is 0 Å². The third kappa shape index (κ3) is 6.74. The van der Waals surface area contributed by atoms with Crippen LogP contribution in [0.15, 0.2) is 54.6 Å². The molecule has 5 nitrogen and oxygen atoms in total. The number of H-pyrrole nitrogens is 1. The van der Waals surface area contributed by atoms with Gasteiger partial charge >= 0.3 is 0 Å². The van der Waals surface area contributed by atoms with Crippen LogP contribution in [0.25, 0.3) is 10.9 Å². The zero-order valence-electron chi connectivity index (χ0n) is 21.6. The van der Waals surface area contributed by atoms with Crippen LogP contribution in [0.5, 0.6) is 0 Å². The van der Waals surface area contributed by atoms with E-state index in [1.165, 1.54) is 47.9 Å². The summed E-state index contributed by atoms with van der Waals surface area (Å²) in [4.78, 5) is 17.6. The molecule has 0 bridgehead atoms. The minimum atomic E-state index is 0.0518. The van der Waals surface area contributed by atoms with Gasteiger partial charge in [-0.2, -0.15) is 0 Å². The van der Waals surface area contributed by atoms with E-state index in [1.54, 1.807) is 0 Å². The van der Waals surface area contributed by atoms with Crippen molar-refractivity contribution in [2.24, 2.45) is 11.8 Å². The smallest absolute Gasteiger partial charge is 0.209 e. The Morgan fingerprint density at radius 3 is 2.43 bits per heavy atom. The van der Waals surface area contributed by atoms with Crippen LogP contribution in [-0.2, 0) is 22.6 Å². The van der Waals surface area contributed by atoms with Gasteiger partial charge in [0.2, 0.25) is 6.41 Å². The van der Waals surface area contributed by atoms with E-state index in [1.807, 2.05) is 24.8 Å². The number of aromatic nitrogens is 1. The highest BCUT2D eigenvalue weighted by molar-refractivity contribution is 5.84. The largest absolute Gasteiger partial charge is 0.400 e. The Balaban J connectivity index is 0.000000815. The maximum Gasteiger partial charge on any atom is 0.209 e. The number of aromatic amines is 1. The zero-order chi connectivity index (χ0) is 25.0. The number of benzene rings is 2. The maximum atomic E-state index is 11.8. The number of hydrogen-bond donors (Lipinski definition) is 2. The number of carbonyl (C=O) groups is 1. The molecule has 1 aromatic heterocycles. The van der Waals surface area contributed by atoms with Gasteiger partial charge in [-0.3, -0.25) is 4.79 Å². The predicted octanol–water partition coefficient (Wildman–Crippen LogP) is 6.27. The fourth-order valence-corrected chi connectivity index (χ4v) is 5.66. The van der Waals surface area contributed by atoms with E-state index in [-0.39, 0.29) is 6.10 Å². The molecule has 3 atom stereocenters. The van der Waals surface area contributed by atoms with Crippen LogP contribution in [0.2, 0.25) is 0 Å². The summed E-state index contributed by atoms with van der Waals surface area (Å²) in [6, 6.07) is 19.0. The zero-order valence-corrected chi connectivity index (χ0v) is 21.6. The Kier molecular flexibility index (Phi) is 10.8. The van der Waals surface area contributed by atoms with Crippen molar-refractivity contribution in [3.05, 3.63) is 71.4 Å². The number of ether oxygens (including phenoxy) is 1. The molecule has 2 N–H and O–H groups in total. The fraction of sp³-hybridized carbons (Fsp3) is 0.500. The molecule has 1 fully saturated rings. The van der Waals surface area contributed by atoms with Gasteiger partial charge in [-0.05, 0) is 48.3 Å². The number of hydrogen-bond acceptors (Lipinski definition) is 3. The van der Waals surface area contributed by atoms with E-state index in [4.69, 9.17) is 9.84 Å².